The van der Waals surface area contributed by atoms with Crippen LogP contribution in [0.4, 0.5) is 10.3 Å². The number of aliphatic hydroxyl groups is 1. The van der Waals surface area contributed by atoms with Gasteiger partial charge in [-0.2, -0.15) is 9.97 Å². The number of halogens is 1. The number of fused-ring (bicyclic) bond motifs is 1. The van der Waals surface area contributed by atoms with Gasteiger partial charge < -0.3 is 20.3 Å². The van der Waals surface area contributed by atoms with Gasteiger partial charge in [0.1, 0.15) is 0 Å². The van der Waals surface area contributed by atoms with Crippen molar-refractivity contribution in [3.05, 3.63) is 19.0 Å². The molecule has 0 saturated carbocycles. The molecule has 1 aliphatic rings. The molecule has 0 aliphatic carbocycles. The van der Waals surface area contributed by atoms with Crippen LogP contribution >= 0.6 is 0 Å². The fraction of sp³-hybridized carbons (Fsp3) is 0.533. The zero-order chi connectivity index (χ0) is 17.5. The topological polar surface area (TPSA) is 108 Å². The van der Waals surface area contributed by atoms with E-state index in [2.05, 4.69) is 21.5 Å². The highest BCUT2D eigenvalue weighted by atomic mass is 19.1. The monoisotopic (exact) mass is 337 g/mol. The first-order chi connectivity index (χ1) is 11.4. The van der Waals surface area contributed by atoms with Crippen molar-refractivity contribution in [2.24, 2.45) is 5.92 Å². The number of alkyl halides is 1. The van der Waals surface area contributed by atoms with E-state index in [1.165, 1.54) is 23.9 Å². The molecule has 0 amide bonds. The van der Waals surface area contributed by atoms with Crippen LogP contribution in [0.15, 0.2) is 19.0 Å². The van der Waals surface area contributed by atoms with Crippen molar-refractivity contribution in [2.45, 2.75) is 31.8 Å². The van der Waals surface area contributed by atoms with Gasteiger partial charge in [0, 0.05) is 5.92 Å². The number of anilines is 1. The van der Waals surface area contributed by atoms with Crippen molar-refractivity contribution >= 4 is 17.1 Å². The molecule has 0 bridgehead atoms. The number of nitrogen functional groups attached to an aromatic ring is 1. The number of nitrogens with two attached hydrogens (primary N) is 1. The number of aromatic nitrogens is 4. The molecule has 0 spiro atoms. The fourth-order valence-corrected chi connectivity index (χ4v) is 3.10. The maximum atomic E-state index is 15.4. The third-order valence-electron chi connectivity index (χ3n) is 4.21. The van der Waals surface area contributed by atoms with Crippen molar-refractivity contribution in [3.8, 4) is 5.88 Å². The van der Waals surface area contributed by atoms with Crippen LogP contribution in [0.25, 0.3) is 11.2 Å². The van der Waals surface area contributed by atoms with E-state index in [0.29, 0.717) is 17.8 Å². The minimum absolute atomic E-state index is 0.00904. The number of nitrogens with zero attached hydrogens (tertiary/aromatic N) is 4. The molecule has 3 heterocycles. The molecule has 0 aromatic carbocycles. The van der Waals surface area contributed by atoms with Crippen LogP contribution < -0.4 is 10.5 Å². The molecule has 2 aromatic heterocycles. The second-order valence-corrected chi connectivity index (χ2v) is 5.77. The first-order valence-electron chi connectivity index (χ1n) is 7.64. The minimum atomic E-state index is -1.81. The van der Waals surface area contributed by atoms with Gasteiger partial charge in [0.25, 0.3) is 0 Å². The molecule has 2 aromatic rings. The summed E-state index contributed by atoms with van der Waals surface area (Å²) < 4.78 is 27.9. The number of ether oxygens (including phenoxy) is 2. The van der Waals surface area contributed by atoms with Crippen LogP contribution in [0, 0.1) is 5.92 Å². The number of aliphatic hydroxyl groups excluding tert-OH is 1. The van der Waals surface area contributed by atoms with Gasteiger partial charge in [-0.05, 0) is 13.8 Å². The predicted octanol–water partition coefficient (Wildman–Crippen LogP) is 1.23. The summed E-state index contributed by atoms with van der Waals surface area (Å²) in [6.45, 7) is 6.91. The Morgan fingerprint density at radius 2 is 2.33 bits per heavy atom. The standard InChI is InChI=1S/C15H20FN5O3/c1-4-8-9(6-22)24-13(15(8,3)16)21-7-18-10-11(21)19-14(17)20-12(10)23-5-2/h4,7-9,13,22H,1,5-6H2,2-3H3,(H2,17,19,20). The fourth-order valence-electron chi connectivity index (χ4n) is 3.10. The van der Waals surface area contributed by atoms with E-state index < -0.39 is 23.9 Å². The Morgan fingerprint density at radius 1 is 1.58 bits per heavy atom. The highest BCUT2D eigenvalue weighted by molar-refractivity contribution is 5.77. The summed E-state index contributed by atoms with van der Waals surface area (Å²) in [6, 6.07) is 0. The molecular weight excluding hydrogens is 317 g/mol. The van der Waals surface area contributed by atoms with E-state index in [1.807, 2.05) is 0 Å². The van der Waals surface area contributed by atoms with Crippen LogP contribution in [-0.4, -0.2) is 49.6 Å². The second kappa shape index (κ2) is 5.99. The lowest BCUT2D eigenvalue weighted by Crippen LogP contribution is -2.34. The van der Waals surface area contributed by atoms with Crippen LogP contribution in [0.3, 0.4) is 0 Å². The molecule has 4 atom stereocenters. The Bertz CT molecular complexity index is 763. The summed E-state index contributed by atoms with van der Waals surface area (Å²) in [6.07, 6.45) is 1.12. The predicted molar refractivity (Wildman–Crippen MR) is 85.1 cm³/mol. The summed E-state index contributed by atoms with van der Waals surface area (Å²) in [4.78, 5) is 12.4. The summed E-state index contributed by atoms with van der Waals surface area (Å²) in [5, 5.41) is 9.46. The molecule has 130 valence electrons. The Kier molecular flexibility index (Phi) is 4.14. The van der Waals surface area contributed by atoms with E-state index in [1.54, 1.807) is 6.92 Å². The van der Waals surface area contributed by atoms with Gasteiger partial charge in [-0.15, -0.1) is 6.58 Å². The zero-order valence-corrected chi connectivity index (χ0v) is 13.5. The third-order valence-corrected chi connectivity index (χ3v) is 4.21. The maximum absolute atomic E-state index is 15.4. The van der Waals surface area contributed by atoms with Crippen LogP contribution in [-0.2, 0) is 4.74 Å². The Labute approximate surface area is 138 Å². The average Bonchev–Trinajstić information content (AvgIpc) is 3.04. The molecule has 1 fully saturated rings. The van der Waals surface area contributed by atoms with E-state index in [4.69, 9.17) is 15.2 Å². The molecule has 9 heteroatoms. The Hall–Kier alpha value is -2.26. The Morgan fingerprint density at radius 3 is 2.92 bits per heavy atom. The summed E-state index contributed by atoms with van der Waals surface area (Å²) in [5.74, 6) is -0.447. The van der Waals surface area contributed by atoms with Gasteiger partial charge >= 0.3 is 0 Å². The molecule has 4 unspecified atom stereocenters. The third kappa shape index (κ3) is 2.40. The number of imidazole rings is 1. The second-order valence-electron chi connectivity index (χ2n) is 5.77. The smallest absolute Gasteiger partial charge is 0.247 e. The van der Waals surface area contributed by atoms with Crippen molar-refractivity contribution in [2.75, 3.05) is 18.9 Å². The van der Waals surface area contributed by atoms with Gasteiger partial charge in [-0.25, -0.2) is 9.37 Å². The van der Waals surface area contributed by atoms with Gasteiger partial charge in [-0.1, -0.05) is 6.08 Å². The number of hydrogen-bond donors (Lipinski definition) is 2. The Balaban J connectivity index is 2.11. The molecule has 3 rings (SSSR count). The van der Waals surface area contributed by atoms with Crippen LogP contribution in [0.5, 0.6) is 5.88 Å². The SMILES string of the molecule is C=CC1C(CO)OC(n2cnc3c(OCC)nc(N)nc32)C1(C)F. The van der Waals surface area contributed by atoms with Crippen LogP contribution in [0.2, 0.25) is 0 Å². The van der Waals surface area contributed by atoms with E-state index in [-0.39, 0.29) is 18.4 Å². The molecule has 0 radical (unpaired) electrons. The zero-order valence-electron chi connectivity index (χ0n) is 13.5. The van der Waals surface area contributed by atoms with Crippen molar-refractivity contribution in [1.82, 2.24) is 19.5 Å². The lowest BCUT2D eigenvalue weighted by molar-refractivity contribution is -0.0565. The van der Waals surface area contributed by atoms with Crippen LogP contribution in [0.1, 0.15) is 20.1 Å². The summed E-state index contributed by atoms with van der Waals surface area (Å²) in [5.41, 5.74) is 4.59. The number of rotatable bonds is 5. The lowest BCUT2D eigenvalue weighted by Gasteiger charge is -2.25. The largest absolute Gasteiger partial charge is 0.476 e. The van der Waals surface area contributed by atoms with E-state index in [9.17, 15) is 5.11 Å². The first-order valence-corrected chi connectivity index (χ1v) is 7.64. The normalized spacial score (nSPS) is 29.9. The first kappa shape index (κ1) is 16.6. The highest BCUT2D eigenvalue weighted by Gasteiger charge is 2.54. The van der Waals surface area contributed by atoms with Gasteiger partial charge in [0.05, 0.1) is 25.6 Å². The van der Waals surface area contributed by atoms with Crippen molar-refractivity contribution in [1.29, 1.82) is 0 Å². The number of hydrogen-bond acceptors (Lipinski definition) is 7. The lowest BCUT2D eigenvalue weighted by atomic mass is 9.88. The molecule has 3 N–H and O–H groups in total. The van der Waals surface area contributed by atoms with E-state index in [0.717, 1.165) is 0 Å². The minimum Gasteiger partial charge on any atom is -0.476 e. The van der Waals surface area contributed by atoms with Gasteiger partial charge in [-0.3, -0.25) is 4.57 Å². The van der Waals surface area contributed by atoms with Gasteiger partial charge in [0.2, 0.25) is 11.8 Å². The van der Waals surface area contributed by atoms with Crippen molar-refractivity contribution < 1.29 is 19.0 Å². The highest BCUT2D eigenvalue weighted by Crippen LogP contribution is 2.46. The summed E-state index contributed by atoms with van der Waals surface area (Å²) >= 11 is 0. The molecule has 1 aliphatic heterocycles. The van der Waals surface area contributed by atoms with Gasteiger partial charge in [0.15, 0.2) is 23.1 Å². The van der Waals surface area contributed by atoms with E-state index >= 15 is 4.39 Å². The maximum Gasteiger partial charge on any atom is 0.247 e. The quantitative estimate of drug-likeness (QED) is 0.790. The molecule has 24 heavy (non-hydrogen) atoms. The molecular formula is C15H20FN5O3. The average molecular weight is 337 g/mol. The molecule has 1 saturated heterocycles. The molecule has 8 nitrogen and oxygen atoms in total. The summed E-state index contributed by atoms with van der Waals surface area (Å²) in [7, 11) is 0. The van der Waals surface area contributed by atoms with Crippen molar-refractivity contribution in [3.63, 3.8) is 0 Å².